The van der Waals surface area contributed by atoms with Crippen molar-refractivity contribution in [2.45, 2.75) is 50.6 Å². The van der Waals surface area contributed by atoms with Crippen LogP contribution in [0, 0.1) is 0 Å². The van der Waals surface area contributed by atoms with Gasteiger partial charge in [0.2, 0.25) is 0 Å². The standard InChI is InChI=1S/C26H31P.C2H2O4/c1-2-7-15-23(16-8-3-1)27(24-17-9-4-10-18-24,25-19-11-5-12-20-25)26-21-13-6-14-22-26;3-1(4)2(5)6/h4-6,9-14,17-23,27H,1-3,7-8,15-16H2;(H,3,4)(H,5,6). The fourth-order valence-electron chi connectivity index (χ4n) is 5.20. The van der Waals surface area contributed by atoms with Crippen molar-refractivity contribution in [2.24, 2.45) is 0 Å². The van der Waals surface area contributed by atoms with E-state index in [4.69, 9.17) is 19.8 Å². The Kier molecular flexibility index (Phi) is 9.21. The number of carboxylic acids is 2. The number of benzene rings is 3. The molecule has 0 heterocycles. The molecule has 0 spiro atoms. The van der Waals surface area contributed by atoms with Gasteiger partial charge < -0.3 is 10.2 Å². The molecule has 1 saturated carbocycles. The topological polar surface area (TPSA) is 74.6 Å². The van der Waals surface area contributed by atoms with Gasteiger partial charge in [0, 0.05) is 0 Å². The van der Waals surface area contributed by atoms with E-state index in [1.54, 1.807) is 15.9 Å². The number of aliphatic carboxylic acids is 2. The van der Waals surface area contributed by atoms with Gasteiger partial charge in [-0.15, -0.1) is 0 Å². The van der Waals surface area contributed by atoms with Gasteiger partial charge in [-0.25, -0.2) is 9.59 Å². The summed E-state index contributed by atoms with van der Waals surface area (Å²) in [6.07, 6.45) is 9.72. The summed E-state index contributed by atoms with van der Waals surface area (Å²) in [6, 6.07) is 34.4. The van der Waals surface area contributed by atoms with Crippen LogP contribution < -0.4 is 15.9 Å². The predicted octanol–water partition coefficient (Wildman–Crippen LogP) is 4.98. The Bertz CT molecular complexity index is 889. The molecule has 2 N–H and O–H groups in total. The Balaban J connectivity index is 0.000000454. The van der Waals surface area contributed by atoms with Crippen LogP contribution in [-0.2, 0) is 9.59 Å². The van der Waals surface area contributed by atoms with Crippen molar-refractivity contribution in [1.29, 1.82) is 0 Å². The van der Waals surface area contributed by atoms with Crippen LogP contribution in [0.2, 0.25) is 0 Å². The van der Waals surface area contributed by atoms with E-state index in [1.807, 2.05) is 0 Å². The molecule has 1 fully saturated rings. The van der Waals surface area contributed by atoms with E-state index < -0.39 is 19.2 Å². The van der Waals surface area contributed by atoms with E-state index in [0.717, 1.165) is 5.66 Å². The molecule has 1 aliphatic rings. The second-order valence-electron chi connectivity index (χ2n) is 8.56. The quantitative estimate of drug-likeness (QED) is 0.422. The van der Waals surface area contributed by atoms with E-state index in [-0.39, 0.29) is 0 Å². The van der Waals surface area contributed by atoms with Crippen LogP contribution >= 0.6 is 7.26 Å². The number of carbonyl (C=O) groups is 2. The van der Waals surface area contributed by atoms with Gasteiger partial charge >= 0.3 is 177 Å². The van der Waals surface area contributed by atoms with Crippen LogP contribution in [0.4, 0.5) is 0 Å². The third-order valence-electron chi connectivity index (χ3n) is 6.59. The number of hydrogen-bond acceptors (Lipinski definition) is 2. The first-order valence-electron chi connectivity index (χ1n) is 11.7. The second-order valence-corrected chi connectivity index (χ2v) is 12.7. The molecule has 33 heavy (non-hydrogen) atoms. The van der Waals surface area contributed by atoms with Crippen molar-refractivity contribution in [3.63, 3.8) is 0 Å². The van der Waals surface area contributed by atoms with Gasteiger partial charge in [0.05, 0.1) is 0 Å². The minimum absolute atomic E-state index is 0.769. The van der Waals surface area contributed by atoms with E-state index in [1.165, 1.54) is 44.9 Å². The molecule has 0 aliphatic heterocycles. The normalized spacial score (nSPS) is 15.3. The van der Waals surface area contributed by atoms with Crippen molar-refractivity contribution in [1.82, 2.24) is 0 Å². The van der Waals surface area contributed by atoms with E-state index in [9.17, 15) is 0 Å². The van der Waals surface area contributed by atoms with Crippen LogP contribution in [0.3, 0.4) is 0 Å². The summed E-state index contributed by atoms with van der Waals surface area (Å²) >= 11 is 0. The molecular formula is C28H33O4P. The molecule has 4 rings (SSSR count). The fraction of sp³-hybridized carbons (Fsp3) is 0.286. The van der Waals surface area contributed by atoms with Crippen molar-refractivity contribution >= 4 is 35.1 Å². The van der Waals surface area contributed by atoms with Gasteiger partial charge in [-0.3, -0.25) is 0 Å². The van der Waals surface area contributed by atoms with E-state index >= 15 is 0 Å². The zero-order valence-corrected chi connectivity index (χ0v) is 19.9. The Morgan fingerprint density at radius 3 is 1.15 bits per heavy atom. The summed E-state index contributed by atoms with van der Waals surface area (Å²) in [4.78, 5) is 18.2. The molecule has 5 heteroatoms. The van der Waals surface area contributed by atoms with Gasteiger partial charge in [0.25, 0.3) is 0 Å². The third kappa shape index (κ3) is 6.09. The minimum atomic E-state index is -2.08. The summed E-state index contributed by atoms with van der Waals surface area (Å²) in [5, 5.41) is 19.5. The molecule has 3 aromatic rings. The van der Waals surface area contributed by atoms with Gasteiger partial charge in [-0.1, -0.05) is 0 Å². The molecule has 0 unspecified atom stereocenters. The molecule has 4 nitrogen and oxygen atoms in total. The van der Waals surface area contributed by atoms with Gasteiger partial charge in [0.1, 0.15) is 0 Å². The Morgan fingerprint density at radius 1 is 0.545 bits per heavy atom. The average molecular weight is 465 g/mol. The summed E-state index contributed by atoms with van der Waals surface area (Å²) in [6.45, 7) is 0. The maximum atomic E-state index is 9.10. The molecule has 3 aromatic carbocycles. The fourth-order valence-corrected chi connectivity index (χ4v) is 11.0. The van der Waals surface area contributed by atoms with Crippen LogP contribution in [-0.4, -0.2) is 27.8 Å². The summed E-state index contributed by atoms with van der Waals surface area (Å²) < 4.78 is 0. The van der Waals surface area contributed by atoms with Crippen LogP contribution in [0.5, 0.6) is 0 Å². The van der Waals surface area contributed by atoms with Crippen LogP contribution in [0.25, 0.3) is 0 Å². The molecule has 0 atom stereocenters. The second kappa shape index (κ2) is 12.3. The Morgan fingerprint density at radius 2 is 0.848 bits per heavy atom. The monoisotopic (exact) mass is 464 g/mol. The van der Waals surface area contributed by atoms with Crippen LogP contribution in [0.15, 0.2) is 91.0 Å². The summed E-state index contributed by atoms with van der Waals surface area (Å²) in [5.41, 5.74) is 0.769. The zero-order valence-electron chi connectivity index (χ0n) is 18.9. The molecule has 174 valence electrons. The molecule has 0 aromatic heterocycles. The van der Waals surface area contributed by atoms with Crippen molar-refractivity contribution in [3.05, 3.63) is 91.0 Å². The molecule has 0 radical (unpaired) electrons. The van der Waals surface area contributed by atoms with Crippen molar-refractivity contribution in [2.75, 3.05) is 0 Å². The zero-order chi connectivity index (χ0) is 23.5. The van der Waals surface area contributed by atoms with E-state index in [0.29, 0.717) is 0 Å². The Hall–Kier alpha value is -2.97. The molecule has 0 saturated heterocycles. The first-order chi connectivity index (χ1) is 16.1. The van der Waals surface area contributed by atoms with E-state index in [2.05, 4.69) is 91.0 Å². The first kappa shape index (κ1) is 24.7. The SMILES string of the molecule is O=C(O)C(=O)O.c1ccc([PH](c2ccccc2)(c2ccccc2)C2CCCCCCC2)cc1. The number of rotatable bonds is 4. The number of carboxylic acid groups (broad SMARTS) is 2. The predicted molar refractivity (Wildman–Crippen MR) is 138 cm³/mol. The van der Waals surface area contributed by atoms with Crippen LogP contribution in [0.1, 0.15) is 44.9 Å². The third-order valence-corrected chi connectivity index (χ3v) is 12.1. The molecule has 1 aliphatic carbocycles. The average Bonchev–Trinajstić information content (AvgIpc) is 2.83. The number of hydrogen-bond donors (Lipinski definition) is 2. The molecule has 0 bridgehead atoms. The van der Waals surface area contributed by atoms with Gasteiger partial charge in [-0.05, 0) is 0 Å². The molecule has 0 amide bonds. The van der Waals surface area contributed by atoms with Crippen molar-refractivity contribution < 1.29 is 19.8 Å². The first-order valence-corrected chi connectivity index (χ1v) is 13.8. The molecular weight excluding hydrogens is 431 g/mol. The van der Waals surface area contributed by atoms with Gasteiger partial charge in [0.15, 0.2) is 0 Å². The maximum absolute atomic E-state index is 9.10. The summed E-state index contributed by atoms with van der Waals surface area (Å²) in [5.74, 6) is -3.65. The van der Waals surface area contributed by atoms with Gasteiger partial charge in [-0.2, -0.15) is 0 Å². The Labute approximate surface area is 196 Å². The summed E-state index contributed by atoms with van der Waals surface area (Å²) in [7, 11) is -2.08. The van der Waals surface area contributed by atoms with Crippen molar-refractivity contribution in [3.8, 4) is 0 Å².